The van der Waals surface area contributed by atoms with Gasteiger partial charge in [0.2, 0.25) is 5.91 Å². The van der Waals surface area contributed by atoms with Crippen molar-refractivity contribution in [2.45, 2.75) is 19.8 Å². The van der Waals surface area contributed by atoms with E-state index in [1.54, 1.807) is 17.2 Å². The third-order valence-electron chi connectivity index (χ3n) is 4.33. The van der Waals surface area contributed by atoms with Crippen LogP contribution < -0.4 is 10.2 Å². The van der Waals surface area contributed by atoms with E-state index in [-0.39, 0.29) is 11.8 Å². The van der Waals surface area contributed by atoms with E-state index in [4.69, 9.17) is 0 Å². The molecule has 0 radical (unpaired) electrons. The summed E-state index contributed by atoms with van der Waals surface area (Å²) in [5, 5.41) is 7.68. The molecule has 3 aromatic heterocycles. The first-order valence-corrected chi connectivity index (χ1v) is 9.16. The third-order valence-corrected chi connectivity index (χ3v) is 5.16. The molecule has 0 unspecified atom stereocenters. The lowest BCUT2D eigenvalue weighted by Gasteiger charge is -2.32. The zero-order chi connectivity index (χ0) is 17.9. The molecule has 9 nitrogen and oxygen atoms in total. The van der Waals surface area contributed by atoms with Crippen LogP contribution in [0.1, 0.15) is 17.7 Å². The molecule has 0 aromatic carbocycles. The molecule has 1 amide bonds. The van der Waals surface area contributed by atoms with E-state index in [0.717, 1.165) is 36.6 Å². The van der Waals surface area contributed by atoms with Crippen LogP contribution >= 0.6 is 11.3 Å². The predicted molar refractivity (Wildman–Crippen MR) is 97.4 cm³/mol. The van der Waals surface area contributed by atoms with Crippen LogP contribution in [0.5, 0.6) is 0 Å². The summed E-state index contributed by atoms with van der Waals surface area (Å²) in [5.41, 5.74) is 0. The average Bonchev–Trinajstić information content (AvgIpc) is 3.34. The maximum absolute atomic E-state index is 12.4. The van der Waals surface area contributed by atoms with Crippen LogP contribution in [-0.2, 0) is 4.79 Å². The summed E-state index contributed by atoms with van der Waals surface area (Å²) in [4.78, 5) is 32.4. The highest BCUT2D eigenvalue weighted by Crippen LogP contribution is 2.24. The van der Waals surface area contributed by atoms with Crippen molar-refractivity contribution in [2.24, 2.45) is 5.92 Å². The Morgan fingerprint density at radius 2 is 2.00 bits per heavy atom. The van der Waals surface area contributed by atoms with Crippen molar-refractivity contribution in [3.63, 3.8) is 0 Å². The van der Waals surface area contributed by atoms with Crippen molar-refractivity contribution >= 4 is 28.2 Å². The highest BCUT2D eigenvalue weighted by atomic mass is 32.1. The van der Waals surface area contributed by atoms with Gasteiger partial charge in [-0.05, 0) is 19.8 Å². The van der Waals surface area contributed by atoms with Gasteiger partial charge in [-0.1, -0.05) is 0 Å². The van der Waals surface area contributed by atoms with Crippen molar-refractivity contribution < 1.29 is 4.79 Å². The van der Waals surface area contributed by atoms with Gasteiger partial charge in [-0.3, -0.25) is 4.79 Å². The van der Waals surface area contributed by atoms with Gasteiger partial charge in [0.1, 0.15) is 24.8 Å². The normalized spacial score (nSPS) is 15.2. The fourth-order valence-electron chi connectivity index (χ4n) is 2.95. The zero-order valence-electron chi connectivity index (χ0n) is 14.2. The number of rotatable bonds is 4. The summed E-state index contributed by atoms with van der Waals surface area (Å²) in [6.07, 6.45) is 7.91. The number of nitrogens with zero attached hydrogens (tertiary/aromatic N) is 7. The molecule has 0 spiro atoms. The summed E-state index contributed by atoms with van der Waals surface area (Å²) in [6, 6.07) is 1.88. The average molecular weight is 370 g/mol. The van der Waals surface area contributed by atoms with E-state index in [1.807, 2.05) is 13.0 Å². The second kappa shape index (κ2) is 7.16. The van der Waals surface area contributed by atoms with Crippen LogP contribution in [0.15, 0.2) is 31.2 Å². The number of carbonyl (C=O) groups excluding carboxylic acids is 1. The van der Waals surface area contributed by atoms with Gasteiger partial charge in [0.25, 0.3) is 0 Å². The fourth-order valence-corrected chi connectivity index (χ4v) is 3.62. The molecule has 0 saturated carbocycles. The summed E-state index contributed by atoms with van der Waals surface area (Å²) in [6.45, 7) is 3.51. The van der Waals surface area contributed by atoms with Gasteiger partial charge in [-0.2, -0.15) is 5.10 Å². The van der Waals surface area contributed by atoms with Crippen molar-refractivity contribution in [1.29, 1.82) is 0 Å². The summed E-state index contributed by atoms with van der Waals surface area (Å²) in [5.74, 6) is 1.54. The lowest BCUT2D eigenvalue weighted by Crippen LogP contribution is -2.38. The molecular weight excluding hydrogens is 352 g/mol. The molecule has 26 heavy (non-hydrogen) atoms. The first kappa shape index (κ1) is 16.6. The van der Waals surface area contributed by atoms with Crippen LogP contribution in [-0.4, -0.2) is 48.7 Å². The van der Waals surface area contributed by atoms with Crippen molar-refractivity contribution in [3.05, 3.63) is 36.1 Å². The molecule has 1 aliphatic heterocycles. The lowest BCUT2D eigenvalue weighted by molar-refractivity contribution is -0.120. The van der Waals surface area contributed by atoms with Crippen molar-refractivity contribution in [1.82, 2.24) is 29.7 Å². The Bertz CT molecular complexity index is 885. The maximum Gasteiger partial charge on any atom is 0.229 e. The zero-order valence-corrected chi connectivity index (χ0v) is 15.1. The fraction of sp³-hybridized carbons (Fsp3) is 0.375. The molecular formula is C16H18N8OS. The highest BCUT2D eigenvalue weighted by molar-refractivity contribution is 7.15. The minimum absolute atomic E-state index is 0.00733. The second-order valence-electron chi connectivity index (χ2n) is 6.10. The van der Waals surface area contributed by atoms with Gasteiger partial charge >= 0.3 is 0 Å². The largest absolute Gasteiger partial charge is 0.356 e. The summed E-state index contributed by atoms with van der Waals surface area (Å²) >= 11 is 1.49. The van der Waals surface area contributed by atoms with E-state index in [2.05, 4.69) is 35.3 Å². The van der Waals surface area contributed by atoms with E-state index in [1.165, 1.54) is 24.0 Å². The van der Waals surface area contributed by atoms with Crippen LogP contribution in [0.4, 0.5) is 10.9 Å². The highest BCUT2D eigenvalue weighted by Gasteiger charge is 2.26. The Kier molecular flexibility index (Phi) is 4.57. The van der Waals surface area contributed by atoms with E-state index >= 15 is 0 Å². The first-order valence-electron chi connectivity index (χ1n) is 8.34. The predicted octanol–water partition coefficient (Wildman–Crippen LogP) is 1.68. The van der Waals surface area contributed by atoms with Gasteiger partial charge in [0.05, 0.1) is 0 Å². The number of nitrogens with one attached hydrogen (secondary N) is 1. The number of anilines is 2. The molecule has 1 N–H and O–H groups in total. The van der Waals surface area contributed by atoms with E-state index in [0.29, 0.717) is 10.9 Å². The molecule has 134 valence electrons. The Morgan fingerprint density at radius 3 is 2.69 bits per heavy atom. The van der Waals surface area contributed by atoms with Gasteiger partial charge < -0.3 is 10.2 Å². The molecule has 1 fully saturated rings. The number of carbonyl (C=O) groups is 1. The lowest BCUT2D eigenvalue weighted by atomic mass is 9.96. The van der Waals surface area contributed by atoms with Gasteiger partial charge in [-0.15, -0.1) is 11.3 Å². The number of thiazole rings is 1. The molecule has 0 aliphatic carbocycles. The Balaban J connectivity index is 1.37. The Labute approximate surface area is 154 Å². The number of hydrogen-bond acceptors (Lipinski definition) is 8. The van der Waals surface area contributed by atoms with Crippen molar-refractivity contribution in [2.75, 3.05) is 23.3 Å². The number of hydrogen-bond donors (Lipinski definition) is 1. The number of amides is 1. The molecule has 4 rings (SSSR count). The molecule has 1 saturated heterocycles. The van der Waals surface area contributed by atoms with E-state index in [9.17, 15) is 4.79 Å². The number of aromatic nitrogens is 6. The molecule has 4 heterocycles. The first-order chi connectivity index (χ1) is 12.7. The second-order valence-corrected chi connectivity index (χ2v) is 7.34. The van der Waals surface area contributed by atoms with Gasteiger partial charge in [-0.25, -0.2) is 24.6 Å². The van der Waals surface area contributed by atoms with Crippen LogP contribution in [0.2, 0.25) is 0 Å². The van der Waals surface area contributed by atoms with Gasteiger partial charge in [0, 0.05) is 36.1 Å². The van der Waals surface area contributed by atoms with Gasteiger partial charge in [0.15, 0.2) is 10.9 Å². The molecule has 3 aromatic rings. The number of aryl methyl sites for hydroxylation is 1. The smallest absolute Gasteiger partial charge is 0.229 e. The Hall–Kier alpha value is -2.88. The molecule has 1 aliphatic rings. The minimum Gasteiger partial charge on any atom is -0.356 e. The van der Waals surface area contributed by atoms with Crippen LogP contribution in [0.3, 0.4) is 0 Å². The SMILES string of the molecule is Cc1cnc(NC(=O)C2CCN(c3cc(-n4cncn4)ncn3)CC2)s1. The molecule has 0 atom stereocenters. The molecule has 10 heteroatoms. The van der Waals surface area contributed by atoms with Crippen molar-refractivity contribution in [3.8, 4) is 5.82 Å². The quantitative estimate of drug-likeness (QED) is 0.745. The minimum atomic E-state index is -0.00733. The van der Waals surface area contributed by atoms with Crippen LogP contribution in [0, 0.1) is 12.8 Å². The van der Waals surface area contributed by atoms with Crippen LogP contribution in [0.25, 0.3) is 5.82 Å². The third kappa shape index (κ3) is 3.54. The molecule has 0 bridgehead atoms. The Morgan fingerprint density at radius 1 is 1.19 bits per heavy atom. The maximum atomic E-state index is 12.4. The monoisotopic (exact) mass is 370 g/mol. The number of piperidine rings is 1. The summed E-state index contributed by atoms with van der Waals surface area (Å²) < 4.78 is 1.60. The van der Waals surface area contributed by atoms with E-state index < -0.39 is 0 Å². The standard InChI is InChI=1S/C16H18N8OS/c1-11-7-18-16(26-11)22-15(25)12-2-4-23(5-3-12)13-6-14(20-9-19-13)24-10-17-8-21-24/h6-10,12H,2-5H2,1H3,(H,18,22,25). The summed E-state index contributed by atoms with van der Waals surface area (Å²) in [7, 11) is 0. The topological polar surface area (TPSA) is 102 Å².